The summed E-state index contributed by atoms with van der Waals surface area (Å²) in [4.78, 5) is 28.6. The van der Waals surface area contributed by atoms with Gasteiger partial charge >= 0.3 is 0 Å². The van der Waals surface area contributed by atoms with Crippen LogP contribution in [-0.2, 0) is 9.59 Å². The predicted octanol–water partition coefficient (Wildman–Crippen LogP) is 5.39. The first-order valence-corrected chi connectivity index (χ1v) is 10.9. The Kier molecular flexibility index (Phi) is 5.65. The summed E-state index contributed by atoms with van der Waals surface area (Å²) in [5.74, 6) is -0.845. The van der Waals surface area contributed by atoms with Crippen LogP contribution in [0.25, 0.3) is 5.76 Å². The van der Waals surface area contributed by atoms with Crippen molar-refractivity contribution in [2.75, 3.05) is 11.5 Å². The quantitative estimate of drug-likeness (QED) is 0.333. The number of carbonyl (C=O) groups excluding carboxylic acids is 2. The van der Waals surface area contributed by atoms with Crippen LogP contribution in [0.4, 0.5) is 5.69 Å². The van der Waals surface area contributed by atoms with Crippen molar-refractivity contribution in [2.45, 2.75) is 26.8 Å². The number of carbonyl (C=O) groups is 2. The van der Waals surface area contributed by atoms with Crippen molar-refractivity contribution in [3.8, 4) is 5.75 Å². The van der Waals surface area contributed by atoms with E-state index in [2.05, 4.69) is 0 Å². The third kappa shape index (κ3) is 3.75. The number of aliphatic hydroxyl groups excluding tert-OH is 1. The van der Waals surface area contributed by atoms with Crippen LogP contribution in [0.2, 0.25) is 0 Å². The van der Waals surface area contributed by atoms with E-state index in [1.165, 1.54) is 16.2 Å². The van der Waals surface area contributed by atoms with Gasteiger partial charge in [-0.2, -0.15) is 0 Å². The van der Waals surface area contributed by atoms with Crippen molar-refractivity contribution in [1.82, 2.24) is 0 Å². The van der Waals surface area contributed by atoms with E-state index in [9.17, 15) is 14.7 Å². The third-order valence-electron chi connectivity index (χ3n) is 5.32. The average molecular weight is 434 g/mol. The molecule has 1 atom stereocenters. The number of benzene rings is 2. The average Bonchev–Trinajstić information content (AvgIpc) is 3.37. The number of Topliss-reactive ketones (excluding diaryl/α,β-unsaturated/α-hetero) is 1. The van der Waals surface area contributed by atoms with Crippen molar-refractivity contribution in [2.24, 2.45) is 0 Å². The molecule has 6 heteroatoms. The summed E-state index contributed by atoms with van der Waals surface area (Å²) >= 11 is 1.45. The van der Waals surface area contributed by atoms with Gasteiger partial charge in [-0.15, -0.1) is 11.3 Å². The molecule has 0 aliphatic carbocycles. The van der Waals surface area contributed by atoms with E-state index < -0.39 is 17.7 Å². The highest BCUT2D eigenvalue weighted by molar-refractivity contribution is 7.10. The number of rotatable bonds is 5. The SMILES string of the molecule is CCOc1ccc(/C(O)=C2/C(=O)C(=O)N(c3cc(C)ccc3C)C2c2cccs2)cc1. The number of ketones is 1. The summed E-state index contributed by atoms with van der Waals surface area (Å²) in [6, 6.07) is 15.7. The lowest BCUT2D eigenvalue weighted by Crippen LogP contribution is -2.29. The molecule has 1 aliphatic rings. The van der Waals surface area contributed by atoms with Gasteiger partial charge in [-0.25, -0.2) is 0 Å². The molecule has 5 nitrogen and oxygen atoms in total. The van der Waals surface area contributed by atoms with Gasteiger partial charge in [0.15, 0.2) is 0 Å². The number of ether oxygens (including phenoxy) is 1. The molecule has 0 radical (unpaired) electrons. The minimum absolute atomic E-state index is 0.0949. The molecule has 0 saturated carbocycles. The third-order valence-corrected chi connectivity index (χ3v) is 6.24. The summed E-state index contributed by atoms with van der Waals surface area (Å²) in [7, 11) is 0. The minimum atomic E-state index is -0.689. The van der Waals surface area contributed by atoms with Crippen LogP contribution in [0.5, 0.6) is 5.75 Å². The summed E-state index contributed by atoms with van der Waals surface area (Å²) < 4.78 is 5.46. The van der Waals surface area contributed by atoms with Crippen molar-refractivity contribution in [3.63, 3.8) is 0 Å². The number of amides is 1. The molecular weight excluding hydrogens is 410 g/mol. The molecule has 1 aromatic heterocycles. The Balaban J connectivity index is 1.89. The highest BCUT2D eigenvalue weighted by atomic mass is 32.1. The standard InChI is InChI=1S/C25H23NO4S/c1-4-30-18-11-9-17(10-12-18)23(27)21-22(20-6-5-13-31-20)26(25(29)24(21)28)19-14-15(2)7-8-16(19)3/h5-14,22,27H,4H2,1-3H3/b23-21-. The first-order valence-electron chi connectivity index (χ1n) is 10.1. The van der Waals surface area contributed by atoms with Crippen LogP contribution in [0.15, 0.2) is 65.6 Å². The monoisotopic (exact) mass is 433 g/mol. The number of aryl methyl sites for hydroxylation is 2. The highest BCUT2D eigenvalue weighted by Crippen LogP contribution is 2.44. The number of aliphatic hydroxyl groups is 1. The fourth-order valence-corrected chi connectivity index (χ4v) is 4.63. The predicted molar refractivity (Wildman–Crippen MR) is 123 cm³/mol. The second-order valence-electron chi connectivity index (χ2n) is 7.43. The molecule has 1 N–H and O–H groups in total. The number of hydrogen-bond acceptors (Lipinski definition) is 5. The minimum Gasteiger partial charge on any atom is -0.507 e. The Bertz CT molecular complexity index is 1160. The molecule has 31 heavy (non-hydrogen) atoms. The van der Waals surface area contributed by atoms with Gasteiger partial charge in [-0.05, 0) is 73.7 Å². The maximum absolute atomic E-state index is 13.2. The molecule has 1 aliphatic heterocycles. The van der Waals surface area contributed by atoms with E-state index in [1.807, 2.05) is 56.5 Å². The van der Waals surface area contributed by atoms with Gasteiger partial charge < -0.3 is 9.84 Å². The van der Waals surface area contributed by atoms with Crippen molar-refractivity contribution < 1.29 is 19.4 Å². The first-order chi connectivity index (χ1) is 14.9. The number of nitrogens with zero attached hydrogens (tertiary/aromatic N) is 1. The van der Waals surface area contributed by atoms with Gasteiger partial charge in [0.25, 0.3) is 11.7 Å². The van der Waals surface area contributed by atoms with Crippen LogP contribution in [-0.4, -0.2) is 23.4 Å². The molecule has 0 spiro atoms. The van der Waals surface area contributed by atoms with E-state index in [-0.39, 0.29) is 11.3 Å². The molecular formula is C25H23NO4S. The molecule has 4 rings (SSSR count). The second kappa shape index (κ2) is 8.40. The van der Waals surface area contributed by atoms with Crippen LogP contribution in [0.1, 0.15) is 34.5 Å². The lowest BCUT2D eigenvalue weighted by molar-refractivity contribution is -0.132. The van der Waals surface area contributed by atoms with Crippen molar-refractivity contribution in [3.05, 3.63) is 87.1 Å². The van der Waals surface area contributed by atoms with Gasteiger partial charge in [0, 0.05) is 16.1 Å². The van der Waals surface area contributed by atoms with Crippen LogP contribution in [0.3, 0.4) is 0 Å². The zero-order chi connectivity index (χ0) is 22.1. The van der Waals surface area contributed by atoms with Crippen LogP contribution >= 0.6 is 11.3 Å². The molecule has 158 valence electrons. The van der Waals surface area contributed by atoms with Gasteiger partial charge in [0.05, 0.1) is 12.2 Å². The van der Waals surface area contributed by atoms with Crippen molar-refractivity contribution >= 4 is 34.5 Å². The fourth-order valence-electron chi connectivity index (χ4n) is 3.81. The molecule has 1 unspecified atom stereocenters. The van der Waals surface area contributed by atoms with Crippen molar-refractivity contribution in [1.29, 1.82) is 0 Å². The summed E-state index contributed by atoms with van der Waals surface area (Å²) in [6.07, 6.45) is 0. The molecule has 1 saturated heterocycles. The van der Waals surface area contributed by atoms with Crippen LogP contribution < -0.4 is 9.64 Å². The fraction of sp³-hybridized carbons (Fsp3) is 0.200. The Morgan fingerprint density at radius 2 is 1.84 bits per heavy atom. The van der Waals surface area contributed by atoms with Gasteiger partial charge in [-0.1, -0.05) is 18.2 Å². The van der Waals surface area contributed by atoms with Gasteiger partial charge in [-0.3, -0.25) is 14.5 Å². The summed E-state index contributed by atoms with van der Waals surface area (Å²) in [6.45, 7) is 6.28. The maximum atomic E-state index is 13.2. The zero-order valence-corrected chi connectivity index (χ0v) is 18.4. The second-order valence-corrected chi connectivity index (χ2v) is 8.41. The Morgan fingerprint density at radius 3 is 2.48 bits per heavy atom. The number of thiophene rings is 1. The van der Waals surface area contributed by atoms with E-state index in [0.29, 0.717) is 23.6 Å². The molecule has 2 heterocycles. The molecule has 2 aromatic carbocycles. The Morgan fingerprint density at radius 1 is 1.10 bits per heavy atom. The van der Waals surface area contributed by atoms with Crippen LogP contribution in [0, 0.1) is 13.8 Å². The maximum Gasteiger partial charge on any atom is 0.300 e. The zero-order valence-electron chi connectivity index (χ0n) is 17.6. The van der Waals surface area contributed by atoms with Gasteiger partial charge in [0.2, 0.25) is 0 Å². The Labute approximate surface area is 185 Å². The van der Waals surface area contributed by atoms with E-state index in [1.54, 1.807) is 24.3 Å². The molecule has 0 bridgehead atoms. The topological polar surface area (TPSA) is 66.8 Å². The largest absolute Gasteiger partial charge is 0.507 e. The number of hydrogen-bond donors (Lipinski definition) is 1. The van der Waals surface area contributed by atoms with Gasteiger partial charge in [0.1, 0.15) is 17.6 Å². The number of anilines is 1. The lowest BCUT2D eigenvalue weighted by Gasteiger charge is -2.26. The summed E-state index contributed by atoms with van der Waals surface area (Å²) in [5.41, 5.74) is 3.10. The molecule has 1 fully saturated rings. The Hall–Kier alpha value is -3.38. The summed E-state index contributed by atoms with van der Waals surface area (Å²) in [5, 5.41) is 13.0. The normalized spacial score (nSPS) is 17.9. The lowest BCUT2D eigenvalue weighted by atomic mass is 9.99. The first kappa shape index (κ1) is 20.9. The molecule has 1 amide bonds. The molecule has 3 aromatic rings. The van der Waals surface area contributed by atoms with E-state index >= 15 is 0 Å². The van der Waals surface area contributed by atoms with E-state index in [0.717, 1.165) is 16.0 Å². The van der Waals surface area contributed by atoms with E-state index in [4.69, 9.17) is 4.74 Å². The smallest absolute Gasteiger partial charge is 0.300 e. The highest BCUT2D eigenvalue weighted by Gasteiger charge is 2.47.